The number of hydrogen-bond donors (Lipinski definition) is 0. The summed E-state index contributed by atoms with van der Waals surface area (Å²) in [5.41, 5.74) is 0.149. The number of esters is 1. The van der Waals surface area contributed by atoms with Gasteiger partial charge in [0, 0.05) is 20.1 Å². The SMILES string of the molecule is COC(=O)c1cnc(N(C)CC(=O)N2CCCC2)cn1. The minimum Gasteiger partial charge on any atom is -0.464 e. The van der Waals surface area contributed by atoms with Crippen LogP contribution in [0.5, 0.6) is 0 Å². The summed E-state index contributed by atoms with van der Waals surface area (Å²) in [7, 11) is 3.06. The van der Waals surface area contributed by atoms with E-state index in [-0.39, 0.29) is 18.1 Å². The predicted molar refractivity (Wildman–Crippen MR) is 72.5 cm³/mol. The quantitative estimate of drug-likeness (QED) is 0.738. The Bertz CT molecular complexity index is 483. The summed E-state index contributed by atoms with van der Waals surface area (Å²) in [5.74, 6) is 0.105. The van der Waals surface area contributed by atoms with Gasteiger partial charge in [-0.1, -0.05) is 0 Å². The lowest BCUT2D eigenvalue weighted by Gasteiger charge is -2.21. The molecule has 1 fully saturated rings. The number of nitrogens with zero attached hydrogens (tertiary/aromatic N) is 4. The Morgan fingerprint density at radius 2 is 2.00 bits per heavy atom. The number of aromatic nitrogens is 2. The molecule has 0 aromatic carbocycles. The molecule has 7 nitrogen and oxygen atoms in total. The maximum Gasteiger partial charge on any atom is 0.358 e. The van der Waals surface area contributed by atoms with Crippen molar-refractivity contribution >= 4 is 17.7 Å². The fourth-order valence-corrected chi connectivity index (χ4v) is 2.08. The Morgan fingerprint density at radius 3 is 2.55 bits per heavy atom. The summed E-state index contributed by atoms with van der Waals surface area (Å²) >= 11 is 0. The van der Waals surface area contributed by atoms with Gasteiger partial charge in [-0.15, -0.1) is 0 Å². The average Bonchev–Trinajstić information content (AvgIpc) is 3.01. The molecule has 0 N–H and O–H groups in total. The molecule has 2 heterocycles. The normalized spacial score (nSPS) is 14.2. The van der Waals surface area contributed by atoms with Gasteiger partial charge in [0.25, 0.3) is 0 Å². The first-order valence-electron chi connectivity index (χ1n) is 6.51. The molecule has 7 heteroatoms. The second-order valence-electron chi connectivity index (χ2n) is 4.70. The van der Waals surface area contributed by atoms with Crippen molar-refractivity contribution in [2.24, 2.45) is 0 Å². The van der Waals surface area contributed by atoms with Gasteiger partial charge in [0.15, 0.2) is 5.69 Å². The van der Waals surface area contributed by atoms with Crippen molar-refractivity contribution in [2.45, 2.75) is 12.8 Å². The van der Waals surface area contributed by atoms with Crippen molar-refractivity contribution < 1.29 is 14.3 Å². The number of likely N-dealkylation sites (tertiary alicyclic amines) is 1. The molecule has 0 aliphatic carbocycles. The van der Waals surface area contributed by atoms with Crippen LogP contribution in [-0.4, -0.2) is 60.5 Å². The molecular weight excluding hydrogens is 260 g/mol. The lowest BCUT2D eigenvalue weighted by Crippen LogP contribution is -2.37. The topological polar surface area (TPSA) is 75.6 Å². The van der Waals surface area contributed by atoms with Crippen LogP contribution in [0.25, 0.3) is 0 Å². The summed E-state index contributed by atoms with van der Waals surface area (Å²) < 4.78 is 4.55. The van der Waals surface area contributed by atoms with E-state index in [1.807, 2.05) is 4.90 Å². The van der Waals surface area contributed by atoms with Gasteiger partial charge in [-0.25, -0.2) is 14.8 Å². The van der Waals surface area contributed by atoms with E-state index in [0.29, 0.717) is 5.82 Å². The van der Waals surface area contributed by atoms with Crippen LogP contribution in [0.4, 0.5) is 5.82 Å². The predicted octanol–water partition coefficient (Wildman–Crippen LogP) is 0.322. The number of methoxy groups -OCH3 is 1. The maximum atomic E-state index is 12.0. The minimum atomic E-state index is -0.528. The van der Waals surface area contributed by atoms with Gasteiger partial charge in [0.1, 0.15) is 5.82 Å². The molecule has 0 bridgehead atoms. The molecule has 20 heavy (non-hydrogen) atoms. The molecule has 1 amide bonds. The van der Waals surface area contributed by atoms with Crippen LogP contribution in [0.3, 0.4) is 0 Å². The number of anilines is 1. The van der Waals surface area contributed by atoms with Gasteiger partial charge in [-0.3, -0.25) is 4.79 Å². The third-order valence-corrected chi connectivity index (χ3v) is 3.26. The summed E-state index contributed by atoms with van der Waals surface area (Å²) in [6, 6.07) is 0. The number of hydrogen-bond acceptors (Lipinski definition) is 6. The van der Waals surface area contributed by atoms with E-state index in [4.69, 9.17) is 0 Å². The van der Waals surface area contributed by atoms with Crippen LogP contribution >= 0.6 is 0 Å². The molecule has 1 aliphatic heterocycles. The van der Waals surface area contributed by atoms with Gasteiger partial charge in [-0.05, 0) is 12.8 Å². The molecule has 0 atom stereocenters. The maximum absolute atomic E-state index is 12.0. The Balaban J connectivity index is 1.96. The molecule has 0 unspecified atom stereocenters. The lowest BCUT2D eigenvalue weighted by atomic mass is 10.4. The molecule has 1 saturated heterocycles. The highest BCUT2D eigenvalue weighted by Crippen LogP contribution is 2.11. The first-order chi connectivity index (χ1) is 9.61. The Labute approximate surface area is 117 Å². The van der Waals surface area contributed by atoms with E-state index in [2.05, 4.69) is 14.7 Å². The molecule has 1 aliphatic rings. The fraction of sp³-hybridized carbons (Fsp3) is 0.538. The zero-order valence-electron chi connectivity index (χ0n) is 11.7. The number of rotatable bonds is 4. The van der Waals surface area contributed by atoms with E-state index in [1.54, 1.807) is 11.9 Å². The molecule has 2 rings (SSSR count). The van der Waals surface area contributed by atoms with Crippen LogP contribution in [-0.2, 0) is 9.53 Å². The summed E-state index contributed by atoms with van der Waals surface area (Å²) in [4.78, 5) is 34.9. The van der Waals surface area contributed by atoms with Gasteiger partial charge < -0.3 is 14.5 Å². The van der Waals surface area contributed by atoms with Gasteiger partial charge >= 0.3 is 5.97 Å². The Kier molecular flexibility index (Phi) is 4.49. The largest absolute Gasteiger partial charge is 0.464 e. The Hall–Kier alpha value is -2.18. The second kappa shape index (κ2) is 6.31. The van der Waals surface area contributed by atoms with Crippen molar-refractivity contribution in [3.8, 4) is 0 Å². The zero-order chi connectivity index (χ0) is 14.5. The summed E-state index contributed by atoms with van der Waals surface area (Å²) in [5, 5.41) is 0. The van der Waals surface area contributed by atoms with Crippen LogP contribution in [0.1, 0.15) is 23.3 Å². The van der Waals surface area contributed by atoms with E-state index in [9.17, 15) is 9.59 Å². The second-order valence-corrected chi connectivity index (χ2v) is 4.70. The van der Waals surface area contributed by atoms with E-state index in [1.165, 1.54) is 19.5 Å². The van der Waals surface area contributed by atoms with Crippen molar-refractivity contribution in [1.82, 2.24) is 14.9 Å². The highest BCUT2D eigenvalue weighted by Gasteiger charge is 2.19. The summed E-state index contributed by atoms with van der Waals surface area (Å²) in [6.07, 6.45) is 4.95. The molecule has 1 aromatic heterocycles. The van der Waals surface area contributed by atoms with Crippen molar-refractivity contribution in [3.63, 3.8) is 0 Å². The number of ether oxygens (including phenoxy) is 1. The third kappa shape index (κ3) is 3.23. The minimum absolute atomic E-state index is 0.0869. The van der Waals surface area contributed by atoms with Crippen molar-refractivity contribution in [3.05, 3.63) is 18.1 Å². The molecule has 0 radical (unpaired) electrons. The van der Waals surface area contributed by atoms with Crippen LogP contribution in [0.15, 0.2) is 12.4 Å². The monoisotopic (exact) mass is 278 g/mol. The van der Waals surface area contributed by atoms with Gasteiger partial charge in [-0.2, -0.15) is 0 Å². The van der Waals surface area contributed by atoms with Crippen LogP contribution < -0.4 is 4.90 Å². The van der Waals surface area contributed by atoms with Gasteiger partial charge in [0.2, 0.25) is 5.91 Å². The van der Waals surface area contributed by atoms with E-state index in [0.717, 1.165) is 25.9 Å². The average molecular weight is 278 g/mol. The number of likely N-dealkylation sites (N-methyl/N-ethyl adjacent to an activating group) is 1. The molecule has 1 aromatic rings. The van der Waals surface area contributed by atoms with Gasteiger partial charge in [0.05, 0.1) is 26.0 Å². The summed E-state index contributed by atoms with van der Waals surface area (Å²) in [6.45, 7) is 1.92. The third-order valence-electron chi connectivity index (χ3n) is 3.26. The molecular formula is C13H18N4O3. The first-order valence-corrected chi connectivity index (χ1v) is 6.51. The fourth-order valence-electron chi connectivity index (χ4n) is 2.08. The zero-order valence-corrected chi connectivity index (χ0v) is 11.7. The van der Waals surface area contributed by atoms with E-state index < -0.39 is 5.97 Å². The number of amides is 1. The van der Waals surface area contributed by atoms with E-state index >= 15 is 0 Å². The number of carbonyl (C=O) groups is 2. The first kappa shape index (κ1) is 14.2. The standard InChI is InChI=1S/C13H18N4O3/c1-16(9-12(18)17-5-3-4-6-17)11-8-14-10(7-15-11)13(19)20-2/h7-8H,3-6,9H2,1-2H3. The molecule has 0 spiro atoms. The Morgan fingerprint density at radius 1 is 1.30 bits per heavy atom. The highest BCUT2D eigenvalue weighted by molar-refractivity contribution is 5.87. The lowest BCUT2D eigenvalue weighted by molar-refractivity contribution is -0.128. The van der Waals surface area contributed by atoms with Crippen LogP contribution in [0, 0.1) is 0 Å². The van der Waals surface area contributed by atoms with Crippen LogP contribution in [0.2, 0.25) is 0 Å². The van der Waals surface area contributed by atoms with Crippen molar-refractivity contribution in [1.29, 1.82) is 0 Å². The van der Waals surface area contributed by atoms with Crippen molar-refractivity contribution in [2.75, 3.05) is 38.7 Å². The molecule has 0 saturated carbocycles. The highest BCUT2D eigenvalue weighted by atomic mass is 16.5. The number of carbonyl (C=O) groups excluding carboxylic acids is 2. The molecule has 108 valence electrons. The smallest absolute Gasteiger partial charge is 0.358 e.